The monoisotopic (exact) mass is 376 g/mol. The molecule has 0 saturated heterocycles. The van der Waals surface area contributed by atoms with Gasteiger partial charge in [0.25, 0.3) is 5.56 Å². The lowest BCUT2D eigenvalue weighted by Gasteiger charge is -2.05. The third-order valence-electron chi connectivity index (χ3n) is 4.98. The molecule has 140 valence electrons. The van der Waals surface area contributed by atoms with E-state index in [1.165, 1.54) is 6.07 Å². The molecule has 5 rings (SSSR count). The van der Waals surface area contributed by atoms with Crippen molar-refractivity contribution >= 4 is 16.9 Å². The van der Waals surface area contributed by atoms with Gasteiger partial charge in [0.2, 0.25) is 0 Å². The Morgan fingerprint density at radius 3 is 2.79 bits per heavy atom. The number of H-pyrrole nitrogens is 1. The van der Waals surface area contributed by atoms with Gasteiger partial charge in [0.1, 0.15) is 17.3 Å². The summed E-state index contributed by atoms with van der Waals surface area (Å²) in [7, 11) is 0. The normalized spacial score (nSPS) is 13.9. The maximum Gasteiger partial charge on any atom is 0.256 e. The van der Waals surface area contributed by atoms with Gasteiger partial charge in [0.15, 0.2) is 11.5 Å². The summed E-state index contributed by atoms with van der Waals surface area (Å²) in [4.78, 5) is 24.1. The number of nitrogen functional groups attached to an aromatic ring is 1. The van der Waals surface area contributed by atoms with Crippen molar-refractivity contribution in [3.05, 3.63) is 69.9 Å². The van der Waals surface area contributed by atoms with Crippen molar-refractivity contribution in [2.24, 2.45) is 0 Å². The topological polar surface area (TPSA) is 102 Å². The molecule has 0 bridgehead atoms. The van der Waals surface area contributed by atoms with Gasteiger partial charge in [-0.3, -0.25) is 4.79 Å². The molecule has 0 unspecified atom stereocenters. The minimum atomic E-state index is -0.312. The smallest absolute Gasteiger partial charge is 0.256 e. The summed E-state index contributed by atoms with van der Waals surface area (Å²) < 4.78 is 15.7. The van der Waals surface area contributed by atoms with Gasteiger partial charge >= 0.3 is 0 Å². The summed E-state index contributed by atoms with van der Waals surface area (Å²) in [6, 6.07) is 10.1. The molecule has 1 aliphatic rings. The van der Waals surface area contributed by atoms with E-state index in [2.05, 4.69) is 20.1 Å². The van der Waals surface area contributed by atoms with Gasteiger partial charge < -0.3 is 10.7 Å². The van der Waals surface area contributed by atoms with Crippen LogP contribution in [-0.4, -0.2) is 24.7 Å². The SMILES string of the molecule is Nc1nc(-c2nn(Cc3ccccc3F)c3ncccc23)[nH]c(=O)c1C1CC1. The second-order valence-electron chi connectivity index (χ2n) is 6.96. The minimum Gasteiger partial charge on any atom is -0.383 e. The molecule has 0 amide bonds. The van der Waals surface area contributed by atoms with Crippen LogP contribution >= 0.6 is 0 Å². The fraction of sp³-hybridized carbons (Fsp3) is 0.200. The fourth-order valence-electron chi connectivity index (χ4n) is 3.46. The Kier molecular flexibility index (Phi) is 3.71. The molecule has 0 spiro atoms. The van der Waals surface area contributed by atoms with Crippen LogP contribution in [0.3, 0.4) is 0 Å². The molecular weight excluding hydrogens is 359 g/mol. The third kappa shape index (κ3) is 2.74. The lowest BCUT2D eigenvalue weighted by molar-refractivity contribution is 0.589. The molecule has 0 atom stereocenters. The highest BCUT2D eigenvalue weighted by molar-refractivity contribution is 5.89. The van der Waals surface area contributed by atoms with E-state index in [9.17, 15) is 9.18 Å². The molecule has 3 N–H and O–H groups in total. The number of pyridine rings is 1. The minimum absolute atomic E-state index is 0.197. The van der Waals surface area contributed by atoms with Gasteiger partial charge in [-0.1, -0.05) is 18.2 Å². The zero-order valence-corrected chi connectivity index (χ0v) is 14.9. The first-order chi connectivity index (χ1) is 13.6. The summed E-state index contributed by atoms with van der Waals surface area (Å²) >= 11 is 0. The highest BCUT2D eigenvalue weighted by Gasteiger charge is 2.30. The highest BCUT2D eigenvalue weighted by atomic mass is 19.1. The van der Waals surface area contributed by atoms with Crippen molar-refractivity contribution in [2.75, 3.05) is 5.73 Å². The quantitative estimate of drug-likeness (QED) is 0.570. The van der Waals surface area contributed by atoms with Crippen molar-refractivity contribution in [1.29, 1.82) is 0 Å². The van der Waals surface area contributed by atoms with Gasteiger partial charge in [-0.05, 0) is 37.0 Å². The van der Waals surface area contributed by atoms with Crippen molar-refractivity contribution < 1.29 is 4.39 Å². The Labute approximate surface area is 159 Å². The Hall–Kier alpha value is -3.55. The van der Waals surface area contributed by atoms with Crippen LogP contribution < -0.4 is 11.3 Å². The van der Waals surface area contributed by atoms with Gasteiger partial charge in [-0.25, -0.2) is 19.0 Å². The number of fused-ring (bicyclic) bond motifs is 1. The zero-order chi connectivity index (χ0) is 19.3. The number of anilines is 1. The molecule has 1 aliphatic carbocycles. The summed E-state index contributed by atoms with van der Waals surface area (Å²) in [5.41, 5.74) is 7.92. The highest BCUT2D eigenvalue weighted by Crippen LogP contribution is 2.40. The van der Waals surface area contributed by atoms with Crippen LogP contribution in [0, 0.1) is 5.82 Å². The molecule has 3 aromatic heterocycles. The van der Waals surface area contributed by atoms with Gasteiger partial charge in [0.05, 0.1) is 17.5 Å². The number of nitrogens with zero attached hydrogens (tertiary/aromatic N) is 4. The van der Waals surface area contributed by atoms with E-state index in [0.29, 0.717) is 27.9 Å². The van der Waals surface area contributed by atoms with E-state index < -0.39 is 0 Å². The molecule has 3 heterocycles. The Morgan fingerprint density at radius 2 is 2.04 bits per heavy atom. The predicted octanol–water partition coefficient (Wildman–Crippen LogP) is 2.83. The predicted molar refractivity (Wildman–Crippen MR) is 103 cm³/mol. The number of rotatable bonds is 4. The van der Waals surface area contributed by atoms with E-state index in [0.717, 1.165) is 12.8 Å². The van der Waals surface area contributed by atoms with E-state index in [1.54, 1.807) is 35.1 Å². The summed E-state index contributed by atoms with van der Waals surface area (Å²) in [6.45, 7) is 0.208. The number of halogens is 1. The third-order valence-corrected chi connectivity index (χ3v) is 4.98. The summed E-state index contributed by atoms with van der Waals surface area (Å²) in [5.74, 6) is 0.412. The standard InChI is InChI=1S/C20H17FN6O/c21-14-6-2-1-4-12(14)10-27-19-13(5-3-9-23-19)16(26-27)18-24-17(22)15(11-7-8-11)20(28)25-18/h1-6,9,11H,7-8,10H2,(H3,22,24,25,28). The molecule has 28 heavy (non-hydrogen) atoms. The fourth-order valence-corrected chi connectivity index (χ4v) is 3.46. The second kappa shape index (κ2) is 6.26. The molecule has 1 saturated carbocycles. The number of nitrogens with one attached hydrogen (secondary N) is 1. The number of hydrogen-bond acceptors (Lipinski definition) is 5. The van der Waals surface area contributed by atoms with Crippen LogP contribution in [0.4, 0.5) is 10.2 Å². The number of nitrogens with two attached hydrogens (primary N) is 1. The first-order valence-corrected chi connectivity index (χ1v) is 9.07. The Balaban J connectivity index is 1.65. The van der Waals surface area contributed by atoms with Crippen molar-refractivity contribution in [3.63, 3.8) is 0 Å². The maximum absolute atomic E-state index is 14.1. The molecular formula is C20H17FN6O. The van der Waals surface area contributed by atoms with E-state index in [4.69, 9.17) is 5.73 Å². The Bertz CT molecular complexity index is 1260. The van der Waals surface area contributed by atoms with Gasteiger partial charge in [0, 0.05) is 11.8 Å². The van der Waals surface area contributed by atoms with Crippen LogP contribution in [-0.2, 0) is 6.54 Å². The van der Waals surface area contributed by atoms with Gasteiger partial charge in [-0.15, -0.1) is 0 Å². The molecule has 0 aliphatic heterocycles. The first kappa shape index (κ1) is 16.6. The maximum atomic E-state index is 14.1. The average Bonchev–Trinajstić information content (AvgIpc) is 3.45. The number of benzene rings is 1. The lowest BCUT2D eigenvalue weighted by atomic mass is 10.2. The van der Waals surface area contributed by atoms with Crippen molar-refractivity contribution in [2.45, 2.75) is 25.3 Å². The largest absolute Gasteiger partial charge is 0.383 e. The lowest BCUT2D eigenvalue weighted by Crippen LogP contribution is -2.17. The van der Waals surface area contributed by atoms with Crippen LogP contribution in [0.15, 0.2) is 47.4 Å². The molecule has 4 aromatic rings. The van der Waals surface area contributed by atoms with Crippen LogP contribution in [0.5, 0.6) is 0 Å². The van der Waals surface area contributed by atoms with Crippen LogP contribution in [0.1, 0.15) is 29.9 Å². The van der Waals surface area contributed by atoms with Crippen molar-refractivity contribution in [1.82, 2.24) is 24.7 Å². The van der Waals surface area contributed by atoms with E-state index in [-0.39, 0.29) is 35.5 Å². The summed E-state index contributed by atoms with van der Waals surface area (Å²) in [5, 5.41) is 5.28. The van der Waals surface area contributed by atoms with E-state index >= 15 is 0 Å². The van der Waals surface area contributed by atoms with E-state index in [1.807, 2.05) is 6.07 Å². The molecule has 0 radical (unpaired) electrons. The number of aromatic nitrogens is 5. The van der Waals surface area contributed by atoms with Crippen LogP contribution in [0.25, 0.3) is 22.6 Å². The molecule has 7 nitrogen and oxygen atoms in total. The average molecular weight is 376 g/mol. The molecule has 1 fully saturated rings. The number of hydrogen-bond donors (Lipinski definition) is 2. The Morgan fingerprint density at radius 1 is 1.21 bits per heavy atom. The molecule has 1 aromatic carbocycles. The van der Waals surface area contributed by atoms with Crippen molar-refractivity contribution in [3.8, 4) is 11.5 Å². The summed E-state index contributed by atoms with van der Waals surface area (Å²) in [6.07, 6.45) is 3.56. The first-order valence-electron chi connectivity index (χ1n) is 9.07. The van der Waals surface area contributed by atoms with Crippen LogP contribution in [0.2, 0.25) is 0 Å². The zero-order valence-electron chi connectivity index (χ0n) is 14.9. The second-order valence-corrected chi connectivity index (χ2v) is 6.96. The van der Waals surface area contributed by atoms with Gasteiger partial charge in [-0.2, -0.15) is 5.10 Å². The number of aromatic amines is 1. The molecule has 8 heteroatoms.